The number of nitrogens with one attached hydrogen (secondary N) is 1. The van der Waals surface area contributed by atoms with Crippen LogP contribution in [0, 0.1) is 10.1 Å². The fraction of sp³-hybridized carbons (Fsp3) is 0.296. The molecule has 12 nitrogen and oxygen atoms in total. The number of benzene rings is 2. The summed E-state index contributed by atoms with van der Waals surface area (Å²) < 4.78 is 12.8. The van der Waals surface area contributed by atoms with E-state index in [1.54, 1.807) is 37.6 Å². The van der Waals surface area contributed by atoms with E-state index in [0.29, 0.717) is 18.1 Å². The highest BCUT2D eigenvalue weighted by molar-refractivity contribution is 5.75. The highest BCUT2D eigenvalue weighted by atomic mass is 16.6. The van der Waals surface area contributed by atoms with Crippen LogP contribution in [0.15, 0.2) is 71.3 Å². The van der Waals surface area contributed by atoms with E-state index in [-0.39, 0.29) is 24.7 Å². The van der Waals surface area contributed by atoms with E-state index >= 15 is 0 Å². The molecule has 4 aromatic rings. The van der Waals surface area contributed by atoms with Gasteiger partial charge in [-0.1, -0.05) is 17.3 Å². The van der Waals surface area contributed by atoms with Gasteiger partial charge in [0.2, 0.25) is 5.91 Å². The van der Waals surface area contributed by atoms with Crippen molar-refractivity contribution >= 4 is 17.3 Å². The largest absolute Gasteiger partial charge is 0.495 e. The van der Waals surface area contributed by atoms with Crippen molar-refractivity contribution in [2.45, 2.75) is 19.6 Å². The number of rotatable bonds is 10. The van der Waals surface area contributed by atoms with Crippen molar-refractivity contribution in [1.29, 1.82) is 0 Å². The Morgan fingerprint density at radius 3 is 2.59 bits per heavy atom. The number of anilines is 1. The van der Waals surface area contributed by atoms with Crippen LogP contribution in [0.2, 0.25) is 0 Å². The lowest BCUT2D eigenvalue weighted by molar-refractivity contribution is -0.384. The molecule has 3 heterocycles. The van der Waals surface area contributed by atoms with E-state index in [1.165, 1.54) is 16.8 Å². The van der Waals surface area contributed by atoms with Gasteiger partial charge in [-0.2, -0.15) is 0 Å². The van der Waals surface area contributed by atoms with Crippen LogP contribution in [0.25, 0.3) is 11.3 Å². The normalized spacial score (nSPS) is 13.8. The first-order valence-corrected chi connectivity index (χ1v) is 12.6. The first kappa shape index (κ1) is 25.9. The van der Waals surface area contributed by atoms with Crippen molar-refractivity contribution in [3.8, 4) is 17.1 Å². The average molecular weight is 532 g/mol. The van der Waals surface area contributed by atoms with Gasteiger partial charge in [-0.05, 0) is 36.4 Å². The molecule has 0 bridgehead atoms. The number of ether oxygens (including phenoxy) is 1. The van der Waals surface area contributed by atoms with Crippen LogP contribution >= 0.6 is 0 Å². The second-order valence-electron chi connectivity index (χ2n) is 9.19. The Hall–Kier alpha value is -4.71. The minimum atomic E-state index is -0.448. The number of para-hydroxylation sites is 2. The van der Waals surface area contributed by atoms with E-state index in [4.69, 9.17) is 9.15 Å². The smallest absolute Gasteiger partial charge is 0.269 e. The molecule has 39 heavy (non-hydrogen) atoms. The lowest BCUT2D eigenvalue weighted by Gasteiger charge is -2.36. The molecule has 2 aromatic heterocycles. The zero-order valence-electron chi connectivity index (χ0n) is 21.5. The predicted molar refractivity (Wildman–Crippen MR) is 143 cm³/mol. The number of furan rings is 1. The lowest BCUT2D eigenvalue weighted by Crippen LogP contribution is -2.46. The van der Waals surface area contributed by atoms with Crippen LogP contribution in [-0.2, 0) is 24.4 Å². The van der Waals surface area contributed by atoms with Crippen molar-refractivity contribution in [2.75, 3.05) is 38.2 Å². The zero-order valence-corrected chi connectivity index (χ0v) is 21.5. The second kappa shape index (κ2) is 11.8. The molecule has 2 aromatic carbocycles. The van der Waals surface area contributed by atoms with Gasteiger partial charge in [-0.3, -0.25) is 19.8 Å². The number of aromatic nitrogens is 3. The van der Waals surface area contributed by atoms with Crippen LogP contribution in [0.1, 0.15) is 11.5 Å². The third kappa shape index (κ3) is 6.41. The highest BCUT2D eigenvalue weighted by Crippen LogP contribution is 2.28. The maximum Gasteiger partial charge on any atom is 0.269 e. The Morgan fingerprint density at radius 1 is 1.08 bits per heavy atom. The summed E-state index contributed by atoms with van der Waals surface area (Å²) in [6.07, 6.45) is 1.80. The van der Waals surface area contributed by atoms with Crippen molar-refractivity contribution in [2.24, 2.45) is 0 Å². The molecule has 0 spiro atoms. The van der Waals surface area contributed by atoms with Gasteiger partial charge >= 0.3 is 0 Å². The van der Waals surface area contributed by atoms with Gasteiger partial charge in [0.05, 0.1) is 36.2 Å². The SMILES string of the molecule is COc1ccccc1N1CCN(Cc2cn(CC(=O)NCc3ccc(-c4ccc([N+](=O)[O-])cc4)o3)nn2)CC1. The lowest BCUT2D eigenvalue weighted by atomic mass is 10.1. The first-order valence-electron chi connectivity index (χ1n) is 12.6. The summed E-state index contributed by atoms with van der Waals surface area (Å²) >= 11 is 0. The fourth-order valence-corrected chi connectivity index (χ4v) is 4.52. The van der Waals surface area contributed by atoms with E-state index in [2.05, 4.69) is 31.5 Å². The number of nitrogens with zero attached hydrogens (tertiary/aromatic N) is 6. The Balaban J connectivity index is 1.07. The van der Waals surface area contributed by atoms with Crippen LogP contribution < -0.4 is 15.0 Å². The van der Waals surface area contributed by atoms with Gasteiger partial charge in [-0.15, -0.1) is 5.10 Å². The molecule has 0 unspecified atom stereocenters. The number of nitro groups is 1. The number of methoxy groups -OCH3 is 1. The summed E-state index contributed by atoms with van der Waals surface area (Å²) in [5, 5.41) is 22.0. The number of nitro benzene ring substituents is 1. The van der Waals surface area contributed by atoms with Crippen LogP contribution in [0.5, 0.6) is 5.75 Å². The van der Waals surface area contributed by atoms with Gasteiger partial charge in [0.25, 0.3) is 5.69 Å². The molecular formula is C27H29N7O5. The molecule has 1 fully saturated rings. The quantitative estimate of drug-likeness (QED) is 0.242. The number of hydrogen-bond acceptors (Lipinski definition) is 9. The van der Waals surface area contributed by atoms with E-state index < -0.39 is 4.92 Å². The number of amides is 1. The monoisotopic (exact) mass is 531 g/mol. The summed E-state index contributed by atoms with van der Waals surface area (Å²) in [5.41, 5.74) is 2.65. The van der Waals surface area contributed by atoms with Crippen LogP contribution in [0.3, 0.4) is 0 Å². The Labute approximate surface area is 224 Å². The molecule has 202 valence electrons. The summed E-state index contributed by atoms with van der Waals surface area (Å²) in [6, 6.07) is 17.7. The van der Waals surface area contributed by atoms with E-state index in [1.807, 2.05) is 18.2 Å². The van der Waals surface area contributed by atoms with E-state index in [0.717, 1.165) is 48.9 Å². The fourth-order valence-electron chi connectivity index (χ4n) is 4.52. The van der Waals surface area contributed by atoms with Crippen molar-refractivity contribution in [3.63, 3.8) is 0 Å². The molecule has 1 aliphatic rings. The highest BCUT2D eigenvalue weighted by Gasteiger charge is 2.20. The maximum atomic E-state index is 12.5. The molecule has 1 amide bonds. The Bertz CT molecular complexity index is 1420. The van der Waals surface area contributed by atoms with Gasteiger partial charge in [-0.25, -0.2) is 4.68 Å². The zero-order chi connectivity index (χ0) is 27.2. The van der Waals surface area contributed by atoms with Crippen LogP contribution in [0.4, 0.5) is 11.4 Å². The molecule has 1 saturated heterocycles. The maximum absolute atomic E-state index is 12.5. The second-order valence-corrected chi connectivity index (χ2v) is 9.19. The predicted octanol–water partition coefficient (Wildman–Crippen LogP) is 3.09. The third-order valence-electron chi connectivity index (χ3n) is 6.56. The minimum Gasteiger partial charge on any atom is -0.495 e. The average Bonchev–Trinajstić information content (AvgIpc) is 3.62. The summed E-state index contributed by atoms with van der Waals surface area (Å²) in [4.78, 5) is 27.5. The molecule has 0 aliphatic carbocycles. The molecular weight excluding hydrogens is 502 g/mol. The van der Waals surface area contributed by atoms with Crippen molar-refractivity contribution in [3.05, 3.63) is 88.4 Å². The van der Waals surface area contributed by atoms with Gasteiger partial charge in [0.15, 0.2) is 0 Å². The summed E-state index contributed by atoms with van der Waals surface area (Å²) in [5.74, 6) is 1.80. The van der Waals surface area contributed by atoms with Gasteiger partial charge < -0.3 is 19.4 Å². The molecule has 0 radical (unpaired) electrons. The molecule has 5 rings (SSSR count). The number of carbonyl (C=O) groups excluding carboxylic acids is 1. The van der Waals surface area contributed by atoms with Crippen molar-refractivity contribution in [1.82, 2.24) is 25.2 Å². The molecule has 1 aliphatic heterocycles. The Kier molecular flexibility index (Phi) is 7.83. The van der Waals surface area contributed by atoms with Crippen molar-refractivity contribution < 1.29 is 18.9 Å². The van der Waals surface area contributed by atoms with Gasteiger partial charge in [0.1, 0.15) is 23.8 Å². The van der Waals surface area contributed by atoms with Gasteiger partial charge in [0, 0.05) is 50.4 Å². The topological polar surface area (TPSA) is 132 Å². The first-order chi connectivity index (χ1) is 19.0. The summed E-state index contributed by atoms with van der Waals surface area (Å²) in [7, 11) is 1.69. The number of piperazine rings is 1. The molecule has 1 N–H and O–H groups in total. The minimum absolute atomic E-state index is 0.0146. The van der Waals surface area contributed by atoms with E-state index in [9.17, 15) is 14.9 Å². The summed E-state index contributed by atoms with van der Waals surface area (Å²) in [6.45, 7) is 4.46. The Morgan fingerprint density at radius 2 is 1.85 bits per heavy atom. The number of non-ortho nitro benzene ring substituents is 1. The standard InChI is InChI=1S/C27H29N7O5/c1-38-26-5-3-2-4-24(26)32-14-12-31(13-15-32)17-21-18-33(30-29-21)19-27(35)28-16-23-10-11-25(39-23)20-6-8-22(9-7-20)34(36)37/h2-11,18H,12-17,19H2,1H3,(H,28,35). The third-order valence-corrected chi connectivity index (χ3v) is 6.56. The number of carbonyl (C=O) groups is 1. The molecule has 0 saturated carbocycles. The number of hydrogen-bond donors (Lipinski definition) is 1. The molecule has 12 heteroatoms. The molecule has 0 atom stereocenters. The van der Waals surface area contributed by atoms with Crippen LogP contribution in [-0.4, -0.2) is 64.0 Å².